The summed E-state index contributed by atoms with van der Waals surface area (Å²) in [4.78, 5) is 11.8. The van der Waals surface area contributed by atoms with Crippen molar-refractivity contribution in [3.8, 4) is 17.0 Å². The first-order chi connectivity index (χ1) is 14.3. The first-order valence-electron chi connectivity index (χ1n) is 9.62. The number of carbonyl (C=O) groups excluding carboxylic acids is 1. The van der Waals surface area contributed by atoms with Gasteiger partial charge in [0, 0.05) is 17.3 Å². The van der Waals surface area contributed by atoms with E-state index in [1.165, 1.54) is 0 Å². The van der Waals surface area contributed by atoms with Gasteiger partial charge in [-0.15, -0.1) is 0 Å². The van der Waals surface area contributed by atoms with E-state index in [0.717, 1.165) is 28.1 Å². The normalized spacial score (nSPS) is 11.5. The minimum absolute atomic E-state index is 0.589. The molecule has 0 spiro atoms. The Labute approximate surface area is 176 Å². The fourth-order valence-corrected chi connectivity index (χ4v) is 2.81. The minimum Gasteiger partial charge on any atom is -0.497 e. The number of nitrogens with one attached hydrogen (secondary N) is 1. The molecule has 7 heteroatoms. The molecule has 0 atom stereocenters. The Hall–Kier alpha value is -3.61. The maximum absolute atomic E-state index is 11.8. The van der Waals surface area contributed by atoms with Crippen molar-refractivity contribution in [3.63, 3.8) is 0 Å². The number of hydrogen-bond donors (Lipinski definition) is 1. The molecule has 7 nitrogen and oxygen atoms in total. The Morgan fingerprint density at radius 2 is 1.83 bits per heavy atom. The Morgan fingerprint density at radius 3 is 2.47 bits per heavy atom. The summed E-state index contributed by atoms with van der Waals surface area (Å²) in [5.74, 6) is 0.768. The summed E-state index contributed by atoms with van der Waals surface area (Å²) in [5.41, 5.74) is 5.38. The number of hydrazone groups is 1. The van der Waals surface area contributed by atoms with E-state index in [2.05, 4.69) is 10.5 Å². The lowest BCUT2D eigenvalue weighted by molar-refractivity contribution is 0.0529. The summed E-state index contributed by atoms with van der Waals surface area (Å²) in [6.45, 7) is 6.01. The number of methoxy groups -OCH3 is 1. The molecule has 0 aliphatic rings. The number of carbonyl (C=O) groups is 1. The molecule has 3 rings (SSSR count). The van der Waals surface area contributed by atoms with Crippen LogP contribution in [0.4, 0.5) is 4.79 Å². The molecule has 0 bridgehead atoms. The third-order valence-corrected chi connectivity index (χ3v) is 4.10. The van der Waals surface area contributed by atoms with Gasteiger partial charge in [0.05, 0.1) is 19.9 Å². The van der Waals surface area contributed by atoms with Gasteiger partial charge in [0.2, 0.25) is 0 Å². The number of hydrogen-bond acceptors (Lipinski definition) is 5. The van der Waals surface area contributed by atoms with E-state index >= 15 is 0 Å². The Morgan fingerprint density at radius 1 is 1.13 bits per heavy atom. The van der Waals surface area contributed by atoms with Gasteiger partial charge in [0.15, 0.2) is 0 Å². The summed E-state index contributed by atoms with van der Waals surface area (Å²) in [6, 6.07) is 17.7. The Balaban J connectivity index is 1.85. The molecule has 0 aliphatic heterocycles. The molecule has 0 fully saturated rings. The van der Waals surface area contributed by atoms with Crippen LogP contribution in [0.25, 0.3) is 11.3 Å². The second-order valence-electron chi connectivity index (χ2n) is 7.72. The highest BCUT2D eigenvalue weighted by Gasteiger charge is 2.16. The number of nitrogens with zero attached hydrogens (tertiary/aromatic N) is 3. The van der Waals surface area contributed by atoms with Gasteiger partial charge in [-0.05, 0) is 50.6 Å². The van der Waals surface area contributed by atoms with Gasteiger partial charge in [-0.1, -0.05) is 30.3 Å². The highest BCUT2D eigenvalue weighted by atomic mass is 16.6. The lowest BCUT2D eigenvalue weighted by Crippen LogP contribution is -2.29. The molecular formula is C23H26N4O3. The maximum Gasteiger partial charge on any atom is 0.428 e. The molecule has 1 heterocycles. The highest BCUT2D eigenvalue weighted by molar-refractivity contribution is 5.89. The third-order valence-electron chi connectivity index (χ3n) is 4.10. The smallest absolute Gasteiger partial charge is 0.428 e. The first kappa shape index (κ1) is 21.1. The van der Waals surface area contributed by atoms with Crippen LogP contribution in [0.5, 0.6) is 5.75 Å². The molecule has 1 amide bonds. The second-order valence-corrected chi connectivity index (χ2v) is 7.72. The van der Waals surface area contributed by atoms with Crippen LogP contribution in [0.1, 0.15) is 31.9 Å². The van der Waals surface area contributed by atoms with E-state index in [1.807, 2.05) is 65.5 Å². The molecule has 3 aromatic rings. The van der Waals surface area contributed by atoms with Crippen molar-refractivity contribution in [2.75, 3.05) is 7.11 Å². The average molecular weight is 406 g/mol. The molecular weight excluding hydrogens is 380 g/mol. The SMILES string of the molecule is COc1ccc(-c2nn(Cc3ccccc3)cc2/C=N\NC(=O)OC(C)(C)C)cc1. The quantitative estimate of drug-likeness (QED) is 0.484. The number of ether oxygens (including phenoxy) is 2. The fourth-order valence-electron chi connectivity index (χ4n) is 2.81. The topological polar surface area (TPSA) is 77.7 Å². The summed E-state index contributed by atoms with van der Waals surface area (Å²) < 4.78 is 12.3. The van der Waals surface area contributed by atoms with Crippen LogP contribution in [0.2, 0.25) is 0 Å². The Kier molecular flexibility index (Phi) is 6.51. The summed E-state index contributed by atoms with van der Waals surface area (Å²) in [6.07, 6.45) is 2.85. The van der Waals surface area contributed by atoms with E-state index in [-0.39, 0.29) is 0 Å². The lowest BCUT2D eigenvalue weighted by atomic mass is 10.1. The third kappa shape index (κ3) is 5.94. The van der Waals surface area contributed by atoms with Crippen LogP contribution in [0.3, 0.4) is 0 Å². The predicted molar refractivity (Wildman–Crippen MR) is 117 cm³/mol. The molecule has 0 radical (unpaired) electrons. The number of benzene rings is 2. The van der Waals surface area contributed by atoms with Crippen molar-refractivity contribution < 1.29 is 14.3 Å². The zero-order chi connectivity index (χ0) is 21.6. The van der Waals surface area contributed by atoms with E-state index in [1.54, 1.807) is 34.1 Å². The van der Waals surface area contributed by atoms with Gasteiger partial charge in [0.25, 0.3) is 0 Å². The van der Waals surface area contributed by atoms with Crippen LogP contribution < -0.4 is 10.2 Å². The number of rotatable bonds is 6. The van der Waals surface area contributed by atoms with Crippen molar-refractivity contribution in [2.24, 2.45) is 5.10 Å². The average Bonchev–Trinajstić information content (AvgIpc) is 3.10. The molecule has 0 saturated carbocycles. The summed E-state index contributed by atoms with van der Waals surface area (Å²) >= 11 is 0. The maximum atomic E-state index is 11.8. The van der Waals surface area contributed by atoms with Gasteiger partial charge in [0.1, 0.15) is 17.0 Å². The molecule has 156 valence electrons. The lowest BCUT2D eigenvalue weighted by Gasteiger charge is -2.18. The minimum atomic E-state index is -0.610. The predicted octanol–water partition coefficient (Wildman–Crippen LogP) is 4.47. The second kappa shape index (κ2) is 9.26. The van der Waals surface area contributed by atoms with Gasteiger partial charge >= 0.3 is 6.09 Å². The standard InChI is InChI=1S/C23H26N4O3/c1-23(2,3)30-22(28)25-24-14-19-16-27(15-17-8-6-5-7-9-17)26-21(19)18-10-12-20(29-4)13-11-18/h5-14,16H,15H2,1-4H3,(H,25,28)/b24-14-. The van der Waals surface area contributed by atoms with Crippen LogP contribution in [0, 0.1) is 0 Å². The van der Waals surface area contributed by atoms with Gasteiger partial charge < -0.3 is 9.47 Å². The van der Waals surface area contributed by atoms with E-state index in [9.17, 15) is 4.79 Å². The van der Waals surface area contributed by atoms with Crippen LogP contribution >= 0.6 is 0 Å². The summed E-state index contributed by atoms with van der Waals surface area (Å²) in [7, 11) is 1.63. The summed E-state index contributed by atoms with van der Waals surface area (Å²) in [5, 5.41) is 8.77. The van der Waals surface area contributed by atoms with Crippen molar-refractivity contribution in [1.82, 2.24) is 15.2 Å². The van der Waals surface area contributed by atoms with Crippen LogP contribution in [-0.4, -0.2) is 34.8 Å². The first-order valence-corrected chi connectivity index (χ1v) is 9.62. The van der Waals surface area contributed by atoms with Crippen molar-refractivity contribution in [1.29, 1.82) is 0 Å². The molecule has 1 N–H and O–H groups in total. The molecule has 0 saturated heterocycles. The van der Waals surface area contributed by atoms with Crippen LogP contribution in [0.15, 0.2) is 65.9 Å². The molecule has 2 aromatic carbocycles. The van der Waals surface area contributed by atoms with E-state index in [0.29, 0.717) is 6.54 Å². The highest BCUT2D eigenvalue weighted by Crippen LogP contribution is 2.24. The molecule has 1 aromatic heterocycles. The zero-order valence-electron chi connectivity index (χ0n) is 17.6. The van der Waals surface area contributed by atoms with Gasteiger partial charge in [-0.25, -0.2) is 10.2 Å². The molecule has 0 unspecified atom stereocenters. The van der Waals surface area contributed by atoms with Crippen molar-refractivity contribution >= 4 is 12.3 Å². The zero-order valence-corrected chi connectivity index (χ0v) is 17.6. The van der Waals surface area contributed by atoms with Gasteiger partial charge in [-0.3, -0.25) is 4.68 Å². The van der Waals surface area contributed by atoms with Crippen molar-refractivity contribution in [3.05, 3.63) is 71.9 Å². The van der Waals surface area contributed by atoms with Crippen LogP contribution in [-0.2, 0) is 11.3 Å². The fraction of sp³-hybridized carbons (Fsp3) is 0.261. The van der Waals surface area contributed by atoms with Gasteiger partial charge in [-0.2, -0.15) is 10.2 Å². The molecule has 0 aliphatic carbocycles. The molecule has 30 heavy (non-hydrogen) atoms. The van der Waals surface area contributed by atoms with E-state index < -0.39 is 11.7 Å². The number of aromatic nitrogens is 2. The van der Waals surface area contributed by atoms with E-state index in [4.69, 9.17) is 14.6 Å². The Bertz CT molecular complexity index is 1000. The van der Waals surface area contributed by atoms with Crippen molar-refractivity contribution in [2.45, 2.75) is 32.9 Å². The number of amides is 1. The monoisotopic (exact) mass is 406 g/mol. The largest absolute Gasteiger partial charge is 0.497 e.